The summed E-state index contributed by atoms with van der Waals surface area (Å²) in [5, 5.41) is 14.2. The molecule has 2 N–H and O–H groups in total. The lowest BCUT2D eigenvalue weighted by Crippen LogP contribution is -2.14. The van der Waals surface area contributed by atoms with E-state index in [1.165, 1.54) is 5.56 Å². The zero-order valence-electron chi connectivity index (χ0n) is 12.6. The Morgan fingerprint density at radius 3 is 2.62 bits per heavy atom. The van der Waals surface area contributed by atoms with Crippen LogP contribution in [0.2, 0.25) is 0 Å². The lowest BCUT2D eigenvalue weighted by Gasteiger charge is -2.09. The molecule has 6 nitrogen and oxygen atoms in total. The van der Waals surface area contributed by atoms with E-state index in [0.29, 0.717) is 5.95 Å². The van der Waals surface area contributed by atoms with Gasteiger partial charge in [0, 0.05) is 12.6 Å². The number of nitrogens with one attached hydrogen (secondary N) is 2. The molecule has 0 bridgehead atoms. The summed E-state index contributed by atoms with van der Waals surface area (Å²) in [4.78, 5) is 4.36. The first-order valence-corrected chi connectivity index (χ1v) is 7.00. The van der Waals surface area contributed by atoms with Gasteiger partial charge in [-0.25, -0.2) is 0 Å². The third kappa shape index (κ3) is 4.91. The topological polar surface area (TPSA) is 72.0 Å². The van der Waals surface area contributed by atoms with E-state index in [1.54, 1.807) is 13.3 Å². The fraction of sp³-hybridized carbons (Fsp3) is 0.400. The highest BCUT2D eigenvalue weighted by Gasteiger charge is 2.02. The molecule has 0 aliphatic rings. The van der Waals surface area contributed by atoms with Gasteiger partial charge in [-0.05, 0) is 38.0 Å². The largest absolute Gasteiger partial charge is 0.497 e. The summed E-state index contributed by atoms with van der Waals surface area (Å²) in [6.07, 6.45) is 2.53. The summed E-state index contributed by atoms with van der Waals surface area (Å²) in [5.41, 5.74) is 1.24. The lowest BCUT2D eigenvalue weighted by molar-refractivity contribution is 0.414. The number of aromatic nitrogens is 3. The van der Waals surface area contributed by atoms with Crippen molar-refractivity contribution < 1.29 is 4.74 Å². The second-order valence-electron chi connectivity index (χ2n) is 4.99. The predicted octanol–water partition coefficient (Wildman–Crippen LogP) is 2.36. The van der Waals surface area contributed by atoms with Gasteiger partial charge in [-0.1, -0.05) is 12.1 Å². The van der Waals surface area contributed by atoms with Gasteiger partial charge in [0.2, 0.25) is 5.95 Å². The van der Waals surface area contributed by atoms with Crippen molar-refractivity contribution in [3.63, 3.8) is 0 Å². The van der Waals surface area contributed by atoms with Gasteiger partial charge in [-0.3, -0.25) is 0 Å². The SMILES string of the molecule is COc1ccc(CCNc2cnnc(NC(C)C)n2)cc1. The molecule has 1 heterocycles. The summed E-state index contributed by atoms with van der Waals surface area (Å²) in [6.45, 7) is 4.85. The second-order valence-corrected chi connectivity index (χ2v) is 4.99. The number of ether oxygens (including phenoxy) is 1. The van der Waals surface area contributed by atoms with Gasteiger partial charge >= 0.3 is 0 Å². The van der Waals surface area contributed by atoms with Crippen LogP contribution in [0.15, 0.2) is 30.5 Å². The first-order chi connectivity index (χ1) is 10.2. The van der Waals surface area contributed by atoms with Crippen LogP contribution in [0, 0.1) is 0 Å². The quantitative estimate of drug-likeness (QED) is 0.814. The van der Waals surface area contributed by atoms with E-state index in [2.05, 4.69) is 37.9 Å². The molecule has 2 rings (SSSR count). The average Bonchev–Trinajstić information content (AvgIpc) is 2.48. The first-order valence-electron chi connectivity index (χ1n) is 7.00. The van der Waals surface area contributed by atoms with Crippen molar-refractivity contribution in [2.75, 3.05) is 24.3 Å². The molecule has 0 fully saturated rings. The van der Waals surface area contributed by atoms with Gasteiger partial charge in [-0.2, -0.15) is 10.1 Å². The van der Waals surface area contributed by atoms with Crippen molar-refractivity contribution >= 4 is 11.8 Å². The number of methoxy groups -OCH3 is 1. The Balaban J connectivity index is 1.85. The maximum Gasteiger partial charge on any atom is 0.244 e. The maximum atomic E-state index is 5.14. The molecule has 1 aromatic carbocycles. The molecular weight excluding hydrogens is 266 g/mol. The van der Waals surface area contributed by atoms with Gasteiger partial charge in [0.25, 0.3) is 0 Å². The molecule has 0 radical (unpaired) electrons. The number of benzene rings is 1. The molecule has 0 aliphatic carbocycles. The van der Waals surface area contributed by atoms with Crippen LogP contribution in [-0.4, -0.2) is 34.9 Å². The second kappa shape index (κ2) is 7.42. The van der Waals surface area contributed by atoms with Crippen LogP contribution in [0.1, 0.15) is 19.4 Å². The van der Waals surface area contributed by atoms with Gasteiger partial charge in [0.05, 0.1) is 13.3 Å². The van der Waals surface area contributed by atoms with Crippen molar-refractivity contribution in [2.45, 2.75) is 26.3 Å². The van der Waals surface area contributed by atoms with Crippen molar-refractivity contribution in [1.82, 2.24) is 15.2 Å². The average molecular weight is 287 g/mol. The molecule has 0 unspecified atom stereocenters. The molecule has 0 amide bonds. The normalized spacial score (nSPS) is 10.5. The van der Waals surface area contributed by atoms with Crippen molar-refractivity contribution in [2.24, 2.45) is 0 Å². The van der Waals surface area contributed by atoms with Crippen molar-refractivity contribution in [3.05, 3.63) is 36.0 Å². The minimum absolute atomic E-state index is 0.279. The Hall–Kier alpha value is -2.37. The molecule has 21 heavy (non-hydrogen) atoms. The van der Waals surface area contributed by atoms with E-state index in [0.717, 1.165) is 24.5 Å². The highest BCUT2D eigenvalue weighted by Crippen LogP contribution is 2.12. The molecule has 0 saturated carbocycles. The van der Waals surface area contributed by atoms with E-state index in [4.69, 9.17) is 4.74 Å². The Morgan fingerprint density at radius 1 is 1.19 bits per heavy atom. The van der Waals surface area contributed by atoms with Crippen LogP contribution >= 0.6 is 0 Å². The molecule has 0 saturated heterocycles. The maximum absolute atomic E-state index is 5.14. The Labute approximate surface area is 125 Å². The Kier molecular flexibility index (Phi) is 5.31. The fourth-order valence-electron chi connectivity index (χ4n) is 1.84. The smallest absolute Gasteiger partial charge is 0.244 e. The Morgan fingerprint density at radius 2 is 1.95 bits per heavy atom. The molecule has 0 aliphatic heterocycles. The van der Waals surface area contributed by atoms with Gasteiger partial charge in [0.1, 0.15) is 5.75 Å². The van der Waals surface area contributed by atoms with E-state index in [1.807, 2.05) is 26.0 Å². The number of rotatable bonds is 7. The molecule has 6 heteroatoms. The molecular formula is C15H21N5O. The fourth-order valence-corrected chi connectivity index (χ4v) is 1.84. The number of anilines is 2. The first kappa shape index (κ1) is 15.0. The zero-order chi connectivity index (χ0) is 15.1. The minimum atomic E-state index is 0.279. The molecule has 112 valence electrons. The summed E-state index contributed by atoms with van der Waals surface area (Å²) >= 11 is 0. The van der Waals surface area contributed by atoms with E-state index < -0.39 is 0 Å². The van der Waals surface area contributed by atoms with Crippen LogP contribution in [0.4, 0.5) is 11.8 Å². The monoisotopic (exact) mass is 287 g/mol. The summed E-state index contributed by atoms with van der Waals surface area (Å²) in [5.74, 6) is 2.14. The van der Waals surface area contributed by atoms with Crippen molar-refractivity contribution in [3.8, 4) is 5.75 Å². The van der Waals surface area contributed by atoms with Gasteiger partial charge in [-0.15, -0.1) is 5.10 Å². The molecule has 0 atom stereocenters. The van der Waals surface area contributed by atoms with Crippen LogP contribution in [-0.2, 0) is 6.42 Å². The highest BCUT2D eigenvalue weighted by molar-refractivity contribution is 5.37. The number of hydrogen-bond donors (Lipinski definition) is 2. The minimum Gasteiger partial charge on any atom is -0.497 e. The molecule has 2 aromatic rings. The standard InChI is InChI=1S/C15H21N5O/c1-11(2)18-15-19-14(10-17-20-15)16-9-8-12-4-6-13(21-3)7-5-12/h4-7,10-11H,8-9H2,1-3H3,(H2,16,18,19,20). The molecule has 0 spiro atoms. The summed E-state index contributed by atoms with van der Waals surface area (Å²) < 4.78 is 5.14. The molecule has 1 aromatic heterocycles. The summed E-state index contributed by atoms with van der Waals surface area (Å²) in [7, 11) is 1.67. The highest BCUT2D eigenvalue weighted by atomic mass is 16.5. The number of hydrogen-bond acceptors (Lipinski definition) is 6. The lowest BCUT2D eigenvalue weighted by atomic mass is 10.1. The zero-order valence-corrected chi connectivity index (χ0v) is 12.6. The third-order valence-corrected chi connectivity index (χ3v) is 2.86. The Bertz CT molecular complexity index is 556. The van der Waals surface area contributed by atoms with Crippen LogP contribution in [0.5, 0.6) is 5.75 Å². The summed E-state index contributed by atoms with van der Waals surface area (Å²) in [6, 6.07) is 8.33. The van der Waals surface area contributed by atoms with Crippen LogP contribution in [0.3, 0.4) is 0 Å². The third-order valence-electron chi connectivity index (χ3n) is 2.86. The van der Waals surface area contributed by atoms with E-state index in [9.17, 15) is 0 Å². The van der Waals surface area contributed by atoms with Crippen molar-refractivity contribution in [1.29, 1.82) is 0 Å². The van der Waals surface area contributed by atoms with Crippen LogP contribution < -0.4 is 15.4 Å². The van der Waals surface area contributed by atoms with E-state index >= 15 is 0 Å². The number of nitrogens with zero attached hydrogens (tertiary/aromatic N) is 3. The van der Waals surface area contributed by atoms with Gasteiger partial charge in [0.15, 0.2) is 5.82 Å². The van der Waals surface area contributed by atoms with Gasteiger partial charge < -0.3 is 15.4 Å². The predicted molar refractivity (Wildman–Crippen MR) is 83.8 cm³/mol. The van der Waals surface area contributed by atoms with E-state index in [-0.39, 0.29) is 6.04 Å². The van der Waals surface area contributed by atoms with Crippen LogP contribution in [0.25, 0.3) is 0 Å².